The van der Waals surface area contributed by atoms with Crippen LogP contribution in [0.1, 0.15) is 46.5 Å². The fraction of sp³-hybridized carbons (Fsp3) is 0.900. The van der Waals surface area contributed by atoms with Crippen LogP contribution in [0, 0.1) is 11.3 Å². The van der Waals surface area contributed by atoms with E-state index in [0.717, 1.165) is 19.3 Å². The molecule has 1 fully saturated rings. The summed E-state index contributed by atoms with van der Waals surface area (Å²) >= 11 is 0. The zero-order valence-corrected chi connectivity index (χ0v) is 7.81. The van der Waals surface area contributed by atoms with E-state index in [2.05, 4.69) is 20.8 Å². The Morgan fingerprint density at radius 2 is 2.27 bits per heavy atom. The molecule has 1 saturated carbocycles. The van der Waals surface area contributed by atoms with Crippen LogP contribution in [0.3, 0.4) is 0 Å². The number of ketones is 1. The number of hydrogen-bond acceptors (Lipinski definition) is 1. The van der Waals surface area contributed by atoms with Crippen LogP contribution in [0.4, 0.5) is 0 Å². The molecule has 0 aromatic rings. The Hall–Kier alpha value is -0.330. The van der Waals surface area contributed by atoms with Gasteiger partial charge in [0, 0.05) is 12.3 Å². The largest absolute Gasteiger partial charge is 0.299 e. The molecule has 0 spiro atoms. The van der Waals surface area contributed by atoms with Gasteiger partial charge in [0.25, 0.3) is 0 Å². The van der Waals surface area contributed by atoms with Gasteiger partial charge in [-0.2, -0.15) is 0 Å². The molecule has 0 heterocycles. The average molecular weight is 154 g/mol. The molecule has 2 atom stereocenters. The van der Waals surface area contributed by atoms with Crippen LogP contribution in [0.15, 0.2) is 0 Å². The molecule has 0 unspecified atom stereocenters. The minimum atomic E-state index is 0.323. The van der Waals surface area contributed by atoms with Crippen LogP contribution >= 0.6 is 0 Å². The van der Waals surface area contributed by atoms with Crippen molar-refractivity contribution in [2.45, 2.75) is 46.5 Å². The second-order valence-electron chi connectivity index (χ2n) is 4.25. The van der Waals surface area contributed by atoms with Crippen LogP contribution in [0.5, 0.6) is 0 Å². The van der Waals surface area contributed by atoms with E-state index >= 15 is 0 Å². The molecule has 0 N–H and O–H groups in total. The van der Waals surface area contributed by atoms with E-state index in [4.69, 9.17) is 0 Å². The first-order valence-corrected chi connectivity index (χ1v) is 4.60. The maximum atomic E-state index is 11.4. The fourth-order valence-electron chi connectivity index (χ4n) is 1.71. The van der Waals surface area contributed by atoms with Crippen molar-refractivity contribution in [3.63, 3.8) is 0 Å². The Morgan fingerprint density at radius 1 is 1.64 bits per heavy atom. The predicted molar refractivity (Wildman–Crippen MR) is 46.4 cm³/mol. The number of carbonyl (C=O) groups excluding carboxylic acids is 1. The van der Waals surface area contributed by atoms with Crippen LogP contribution in [0.25, 0.3) is 0 Å². The minimum absolute atomic E-state index is 0.323. The van der Waals surface area contributed by atoms with E-state index in [0.29, 0.717) is 17.1 Å². The molecule has 0 radical (unpaired) electrons. The van der Waals surface area contributed by atoms with Gasteiger partial charge in [0.05, 0.1) is 0 Å². The highest BCUT2D eigenvalue weighted by Crippen LogP contribution is 2.38. The van der Waals surface area contributed by atoms with Crippen molar-refractivity contribution in [3.05, 3.63) is 0 Å². The van der Waals surface area contributed by atoms with E-state index in [-0.39, 0.29) is 0 Å². The molecule has 1 aliphatic rings. The Morgan fingerprint density at radius 3 is 2.73 bits per heavy atom. The van der Waals surface area contributed by atoms with Crippen molar-refractivity contribution in [1.82, 2.24) is 0 Å². The lowest BCUT2D eigenvalue weighted by molar-refractivity contribution is -0.127. The molecular formula is C10H18O. The molecule has 1 nitrogen and oxygen atoms in total. The standard InChI is InChI=1S/C10H18O/c1-4-10(3)6-5-8(2)9(11)7-10/h8H,4-7H2,1-3H3/t8-,10+/m1/s1. The van der Waals surface area contributed by atoms with Gasteiger partial charge in [0.15, 0.2) is 0 Å². The first kappa shape index (κ1) is 8.76. The Bertz CT molecular complexity index is 162. The summed E-state index contributed by atoms with van der Waals surface area (Å²) in [6, 6.07) is 0. The summed E-state index contributed by atoms with van der Waals surface area (Å²) in [4.78, 5) is 11.4. The quantitative estimate of drug-likeness (QED) is 0.567. The molecule has 1 rings (SSSR count). The van der Waals surface area contributed by atoms with Gasteiger partial charge in [-0.3, -0.25) is 4.79 Å². The zero-order valence-electron chi connectivity index (χ0n) is 7.81. The summed E-state index contributed by atoms with van der Waals surface area (Å²) in [5, 5.41) is 0. The highest BCUT2D eigenvalue weighted by atomic mass is 16.1. The van der Waals surface area contributed by atoms with Crippen molar-refractivity contribution in [1.29, 1.82) is 0 Å². The molecule has 0 bridgehead atoms. The summed E-state index contributed by atoms with van der Waals surface area (Å²) in [6.07, 6.45) is 4.29. The Labute approximate surface area is 69.2 Å². The van der Waals surface area contributed by atoms with E-state index in [1.54, 1.807) is 0 Å². The molecule has 0 aromatic carbocycles. The third-order valence-corrected chi connectivity index (χ3v) is 3.19. The minimum Gasteiger partial charge on any atom is -0.299 e. The Balaban J connectivity index is 2.59. The SMILES string of the molecule is CC[C@@]1(C)CC[C@@H](C)C(=O)C1. The Kier molecular flexibility index (Phi) is 2.36. The average Bonchev–Trinajstić information content (AvgIpc) is 1.98. The monoisotopic (exact) mass is 154 g/mol. The maximum absolute atomic E-state index is 11.4. The lowest BCUT2D eigenvalue weighted by Gasteiger charge is -2.34. The third-order valence-electron chi connectivity index (χ3n) is 3.19. The number of Topliss-reactive ketones (excluding diaryl/α,β-unsaturated/α-hetero) is 1. The van der Waals surface area contributed by atoms with Crippen LogP contribution < -0.4 is 0 Å². The van der Waals surface area contributed by atoms with Crippen molar-refractivity contribution in [2.24, 2.45) is 11.3 Å². The van der Waals surface area contributed by atoms with Crippen molar-refractivity contribution < 1.29 is 4.79 Å². The summed E-state index contributed by atoms with van der Waals surface area (Å²) in [5.41, 5.74) is 0.323. The molecular weight excluding hydrogens is 136 g/mol. The van der Waals surface area contributed by atoms with Gasteiger partial charge in [-0.15, -0.1) is 0 Å². The van der Waals surface area contributed by atoms with E-state index in [9.17, 15) is 4.79 Å². The summed E-state index contributed by atoms with van der Waals surface area (Å²) in [6.45, 7) is 6.47. The van der Waals surface area contributed by atoms with E-state index in [1.165, 1.54) is 6.42 Å². The van der Waals surface area contributed by atoms with Crippen molar-refractivity contribution in [2.75, 3.05) is 0 Å². The normalized spacial score (nSPS) is 39.2. The van der Waals surface area contributed by atoms with Crippen molar-refractivity contribution >= 4 is 5.78 Å². The molecule has 0 saturated heterocycles. The summed E-state index contributed by atoms with van der Waals surface area (Å²) in [5.74, 6) is 0.801. The van der Waals surface area contributed by atoms with E-state index < -0.39 is 0 Å². The molecule has 1 heteroatoms. The second kappa shape index (κ2) is 2.96. The molecule has 64 valence electrons. The zero-order chi connectivity index (χ0) is 8.48. The van der Waals surface area contributed by atoms with Crippen LogP contribution in [0.2, 0.25) is 0 Å². The predicted octanol–water partition coefficient (Wildman–Crippen LogP) is 2.79. The molecule has 0 aromatic heterocycles. The first-order valence-electron chi connectivity index (χ1n) is 4.60. The molecule has 11 heavy (non-hydrogen) atoms. The topological polar surface area (TPSA) is 17.1 Å². The summed E-state index contributed by atoms with van der Waals surface area (Å²) < 4.78 is 0. The first-order chi connectivity index (χ1) is 5.07. The third kappa shape index (κ3) is 1.82. The fourth-order valence-corrected chi connectivity index (χ4v) is 1.71. The molecule has 0 aliphatic heterocycles. The van der Waals surface area contributed by atoms with Crippen LogP contribution in [-0.2, 0) is 4.79 Å². The van der Waals surface area contributed by atoms with Crippen molar-refractivity contribution in [3.8, 4) is 0 Å². The summed E-state index contributed by atoms with van der Waals surface area (Å²) in [7, 11) is 0. The van der Waals surface area contributed by atoms with Gasteiger partial charge < -0.3 is 0 Å². The lowest BCUT2D eigenvalue weighted by atomic mass is 9.70. The smallest absolute Gasteiger partial charge is 0.136 e. The highest BCUT2D eigenvalue weighted by Gasteiger charge is 2.32. The van der Waals surface area contributed by atoms with Gasteiger partial charge in [0.2, 0.25) is 0 Å². The van der Waals surface area contributed by atoms with Gasteiger partial charge in [-0.1, -0.05) is 27.2 Å². The maximum Gasteiger partial charge on any atom is 0.136 e. The van der Waals surface area contributed by atoms with Gasteiger partial charge in [-0.25, -0.2) is 0 Å². The molecule has 0 amide bonds. The van der Waals surface area contributed by atoms with Gasteiger partial charge in [-0.05, 0) is 18.3 Å². The second-order valence-corrected chi connectivity index (χ2v) is 4.25. The lowest BCUT2D eigenvalue weighted by Crippen LogP contribution is -2.30. The van der Waals surface area contributed by atoms with Gasteiger partial charge >= 0.3 is 0 Å². The van der Waals surface area contributed by atoms with Crippen LogP contribution in [-0.4, -0.2) is 5.78 Å². The van der Waals surface area contributed by atoms with Gasteiger partial charge in [0.1, 0.15) is 5.78 Å². The number of hydrogen-bond donors (Lipinski definition) is 0. The number of carbonyl (C=O) groups is 1. The molecule has 1 aliphatic carbocycles. The van der Waals surface area contributed by atoms with E-state index in [1.807, 2.05) is 0 Å². The highest BCUT2D eigenvalue weighted by molar-refractivity contribution is 5.82. The number of rotatable bonds is 1.